The Balaban J connectivity index is 1.41. The molecule has 20 heavy (non-hydrogen) atoms. The summed E-state index contributed by atoms with van der Waals surface area (Å²) in [5.74, 6) is 0.324. The Morgan fingerprint density at radius 3 is 2.85 bits per heavy atom. The lowest BCUT2D eigenvalue weighted by Crippen LogP contribution is -2.41. The Bertz CT molecular complexity index is 575. The third-order valence-electron chi connectivity index (χ3n) is 3.92. The quantitative estimate of drug-likeness (QED) is 0.909. The van der Waals surface area contributed by atoms with E-state index in [4.69, 9.17) is 0 Å². The second-order valence-electron chi connectivity index (χ2n) is 5.47. The summed E-state index contributed by atoms with van der Waals surface area (Å²) in [6.45, 7) is 2.99. The summed E-state index contributed by atoms with van der Waals surface area (Å²) in [5.41, 5.74) is 1.98. The van der Waals surface area contributed by atoms with Crippen LogP contribution in [0.2, 0.25) is 0 Å². The van der Waals surface area contributed by atoms with E-state index in [0.29, 0.717) is 12.0 Å². The van der Waals surface area contributed by atoms with Crippen molar-refractivity contribution in [3.05, 3.63) is 51.7 Å². The molecule has 1 aromatic heterocycles. The molecule has 0 saturated heterocycles. The average Bonchev–Trinajstić information content (AvgIpc) is 2.79. The van der Waals surface area contributed by atoms with Crippen LogP contribution in [0.15, 0.2) is 29.6 Å². The summed E-state index contributed by atoms with van der Waals surface area (Å²) in [4.78, 5) is 4.45. The molecule has 2 aromatic rings. The SMILES string of the molecule is Cc1csc(CCNC2CC(c3ccccc3F)C2)n1. The molecule has 0 unspecified atom stereocenters. The molecule has 2 nitrogen and oxygen atoms in total. The molecule has 0 spiro atoms. The summed E-state index contributed by atoms with van der Waals surface area (Å²) in [6, 6.07) is 7.67. The maximum atomic E-state index is 13.6. The normalized spacial score (nSPS) is 21.7. The van der Waals surface area contributed by atoms with Gasteiger partial charge in [-0.15, -0.1) is 11.3 Å². The van der Waals surface area contributed by atoms with E-state index < -0.39 is 0 Å². The summed E-state index contributed by atoms with van der Waals surface area (Å²) in [5, 5.41) is 6.82. The Morgan fingerprint density at radius 2 is 2.15 bits per heavy atom. The van der Waals surface area contributed by atoms with Crippen LogP contribution in [0.5, 0.6) is 0 Å². The molecule has 4 heteroatoms. The zero-order valence-corrected chi connectivity index (χ0v) is 12.4. The van der Waals surface area contributed by atoms with E-state index in [9.17, 15) is 4.39 Å². The molecule has 0 radical (unpaired) electrons. The van der Waals surface area contributed by atoms with Crippen LogP contribution >= 0.6 is 11.3 Å². The predicted octanol–water partition coefficient (Wildman–Crippen LogP) is 3.67. The third-order valence-corrected chi connectivity index (χ3v) is 4.95. The maximum absolute atomic E-state index is 13.6. The van der Waals surface area contributed by atoms with Crippen molar-refractivity contribution in [1.29, 1.82) is 0 Å². The van der Waals surface area contributed by atoms with Crippen LogP contribution in [0.3, 0.4) is 0 Å². The number of aromatic nitrogens is 1. The second-order valence-corrected chi connectivity index (χ2v) is 6.42. The van der Waals surface area contributed by atoms with Crippen molar-refractivity contribution < 1.29 is 4.39 Å². The number of halogens is 1. The lowest BCUT2D eigenvalue weighted by atomic mass is 9.75. The lowest BCUT2D eigenvalue weighted by molar-refractivity contribution is 0.287. The van der Waals surface area contributed by atoms with Crippen LogP contribution in [-0.4, -0.2) is 17.6 Å². The minimum absolute atomic E-state index is 0.0609. The number of hydrogen-bond acceptors (Lipinski definition) is 3. The molecule has 1 aromatic carbocycles. The number of nitrogens with one attached hydrogen (secondary N) is 1. The monoisotopic (exact) mass is 290 g/mol. The Hall–Kier alpha value is -1.26. The summed E-state index contributed by atoms with van der Waals surface area (Å²) < 4.78 is 13.6. The molecule has 3 rings (SSSR count). The first-order chi connectivity index (χ1) is 9.72. The van der Waals surface area contributed by atoms with Gasteiger partial charge in [0.05, 0.1) is 5.01 Å². The van der Waals surface area contributed by atoms with Crippen molar-refractivity contribution in [2.45, 2.75) is 38.1 Å². The third kappa shape index (κ3) is 3.07. The molecule has 1 aliphatic rings. The molecule has 1 saturated carbocycles. The van der Waals surface area contributed by atoms with Gasteiger partial charge in [-0.1, -0.05) is 18.2 Å². The van der Waals surface area contributed by atoms with Crippen LogP contribution in [0.4, 0.5) is 4.39 Å². The molecule has 106 valence electrons. The summed E-state index contributed by atoms with van der Waals surface area (Å²) in [6.07, 6.45) is 3.06. The molecule has 1 heterocycles. The number of rotatable bonds is 5. The van der Waals surface area contributed by atoms with E-state index in [1.165, 1.54) is 5.01 Å². The zero-order chi connectivity index (χ0) is 13.9. The first-order valence-corrected chi connectivity index (χ1v) is 7.99. The van der Waals surface area contributed by atoms with Gasteiger partial charge < -0.3 is 5.32 Å². The van der Waals surface area contributed by atoms with Crippen molar-refractivity contribution in [3.8, 4) is 0 Å². The van der Waals surface area contributed by atoms with E-state index in [1.807, 2.05) is 19.1 Å². The standard InChI is InChI=1S/C16H19FN2S/c1-11-10-20-16(19-11)6-7-18-13-8-12(9-13)14-4-2-3-5-15(14)17/h2-5,10,12-13,18H,6-9H2,1H3. The van der Waals surface area contributed by atoms with Crippen LogP contribution < -0.4 is 5.32 Å². The highest BCUT2D eigenvalue weighted by Crippen LogP contribution is 2.37. The molecule has 0 atom stereocenters. The molecule has 0 aliphatic heterocycles. The van der Waals surface area contributed by atoms with Crippen molar-refractivity contribution in [3.63, 3.8) is 0 Å². The Labute approximate surface area is 123 Å². The lowest BCUT2D eigenvalue weighted by Gasteiger charge is -2.36. The Kier molecular flexibility index (Phi) is 4.13. The van der Waals surface area contributed by atoms with Crippen molar-refractivity contribution in [2.75, 3.05) is 6.54 Å². The van der Waals surface area contributed by atoms with Crippen LogP contribution in [0.25, 0.3) is 0 Å². The number of benzene rings is 1. The van der Waals surface area contributed by atoms with E-state index >= 15 is 0 Å². The topological polar surface area (TPSA) is 24.9 Å². The van der Waals surface area contributed by atoms with E-state index in [1.54, 1.807) is 23.5 Å². The van der Waals surface area contributed by atoms with E-state index in [2.05, 4.69) is 15.7 Å². The molecular formula is C16H19FN2S. The van der Waals surface area contributed by atoms with Gasteiger partial charge in [-0.2, -0.15) is 0 Å². The van der Waals surface area contributed by atoms with Gasteiger partial charge in [0.25, 0.3) is 0 Å². The van der Waals surface area contributed by atoms with E-state index in [-0.39, 0.29) is 5.82 Å². The molecule has 0 bridgehead atoms. The minimum Gasteiger partial charge on any atom is -0.314 e. The molecule has 1 fully saturated rings. The summed E-state index contributed by atoms with van der Waals surface area (Å²) in [7, 11) is 0. The van der Waals surface area contributed by atoms with Crippen LogP contribution in [0, 0.1) is 12.7 Å². The first-order valence-electron chi connectivity index (χ1n) is 7.11. The minimum atomic E-state index is -0.0609. The fraction of sp³-hybridized carbons (Fsp3) is 0.438. The smallest absolute Gasteiger partial charge is 0.126 e. The Morgan fingerprint density at radius 1 is 1.35 bits per heavy atom. The van der Waals surface area contributed by atoms with Gasteiger partial charge in [-0.25, -0.2) is 9.37 Å². The van der Waals surface area contributed by atoms with Crippen molar-refractivity contribution >= 4 is 11.3 Å². The number of nitrogens with zero attached hydrogens (tertiary/aromatic N) is 1. The predicted molar refractivity (Wildman–Crippen MR) is 80.7 cm³/mol. The van der Waals surface area contributed by atoms with Crippen molar-refractivity contribution in [1.82, 2.24) is 10.3 Å². The van der Waals surface area contributed by atoms with Gasteiger partial charge in [0.15, 0.2) is 0 Å². The fourth-order valence-corrected chi connectivity index (χ4v) is 3.52. The molecular weight excluding hydrogens is 271 g/mol. The largest absolute Gasteiger partial charge is 0.314 e. The van der Waals surface area contributed by atoms with Crippen LogP contribution in [0.1, 0.15) is 35.0 Å². The molecule has 0 amide bonds. The fourth-order valence-electron chi connectivity index (χ4n) is 2.75. The van der Waals surface area contributed by atoms with Gasteiger partial charge in [0.2, 0.25) is 0 Å². The average molecular weight is 290 g/mol. The van der Waals surface area contributed by atoms with Gasteiger partial charge in [0, 0.05) is 30.1 Å². The van der Waals surface area contributed by atoms with Gasteiger partial charge in [-0.05, 0) is 37.3 Å². The highest BCUT2D eigenvalue weighted by molar-refractivity contribution is 7.09. The number of thiazole rings is 1. The van der Waals surface area contributed by atoms with E-state index in [0.717, 1.165) is 37.1 Å². The highest BCUT2D eigenvalue weighted by atomic mass is 32.1. The first kappa shape index (κ1) is 13.7. The van der Waals surface area contributed by atoms with Crippen LogP contribution in [-0.2, 0) is 6.42 Å². The second kappa shape index (κ2) is 6.02. The van der Waals surface area contributed by atoms with Gasteiger partial charge >= 0.3 is 0 Å². The zero-order valence-electron chi connectivity index (χ0n) is 11.6. The molecule has 1 aliphatic carbocycles. The highest BCUT2D eigenvalue weighted by Gasteiger charge is 2.31. The number of hydrogen-bond donors (Lipinski definition) is 1. The summed E-state index contributed by atoms with van der Waals surface area (Å²) >= 11 is 1.73. The molecule has 1 N–H and O–H groups in total. The van der Waals surface area contributed by atoms with Gasteiger partial charge in [-0.3, -0.25) is 0 Å². The number of aryl methyl sites for hydroxylation is 1. The van der Waals surface area contributed by atoms with Gasteiger partial charge in [0.1, 0.15) is 5.82 Å². The van der Waals surface area contributed by atoms with Crippen molar-refractivity contribution in [2.24, 2.45) is 0 Å². The maximum Gasteiger partial charge on any atom is 0.126 e.